The molecule has 0 saturated carbocycles. The van der Waals surface area contributed by atoms with Gasteiger partial charge in [0.15, 0.2) is 12.1 Å². The Morgan fingerprint density at radius 1 is 0.623 bits per heavy atom. The Kier molecular flexibility index (Phi) is 32.4. The second-order valence-electron chi connectivity index (χ2n) is 19.2. The predicted octanol–water partition coefficient (Wildman–Crippen LogP) is 11.2. The molecule has 2 aromatic rings. The predicted molar refractivity (Wildman–Crippen MR) is 275 cm³/mol. The van der Waals surface area contributed by atoms with Crippen LogP contribution in [0.5, 0.6) is 0 Å². The molecule has 1 aliphatic heterocycles. The third kappa shape index (κ3) is 25.6. The summed E-state index contributed by atoms with van der Waals surface area (Å²) in [4.78, 5) is 43.4. The number of nitrogens with one attached hydrogen (secondary N) is 3. The van der Waals surface area contributed by atoms with Crippen molar-refractivity contribution in [2.75, 3.05) is 13.2 Å². The number of unbranched alkanes of at least 4 members (excludes halogenated alkanes) is 23. The fourth-order valence-electron chi connectivity index (χ4n) is 9.01. The molecule has 1 heterocycles. The van der Waals surface area contributed by atoms with Gasteiger partial charge < -0.3 is 45.1 Å². The Morgan fingerprint density at radius 3 is 1.55 bits per heavy atom. The normalized spacial score (nSPS) is 18.3. The summed E-state index contributed by atoms with van der Waals surface area (Å²) in [6.07, 6.45) is 22.9. The van der Waals surface area contributed by atoms with E-state index in [9.17, 15) is 29.7 Å². The highest BCUT2D eigenvalue weighted by Crippen LogP contribution is 2.27. The molecule has 6 atom stereocenters. The number of amides is 3. The zero-order valence-corrected chi connectivity index (χ0v) is 42.6. The van der Waals surface area contributed by atoms with E-state index in [1.807, 2.05) is 48.5 Å². The highest BCUT2D eigenvalue weighted by Gasteiger charge is 2.48. The minimum Gasteiger partial charge on any atom is -0.476 e. The molecule has 13 heteroatoms. The van der Waals surface area contributed by atoms with Crippen molar-refractivity contribution in [3.63, 3.8) is 0 Å². The lowest BCUT2D eigenvalue weighted by Crippen LogP contribution is -2.70. The summed E-state index contributed by atoms with van der Waals surface area (Å²) in [6, 6.07) is 15.9. The van der Waals surface area contributed by atoms with Crippen LogP contribution in [0.3, 0.4) is 0 Å². The summed E-state index contributed by atoms with van der Waals surface area (Å²) < 4.78 is 17.4. The van der Waals surface area contributed by atoms with E-state index in [-0.39, 0.29) is 44.3 Å². The molecule has 6 N–H and O–H groups in total. The quantitative estimate of drug-likeness (QED) is 0.0215. The van der Waals surface area contributed by atoms with E-state index >= 15 is 0 Å². The molecule has 1 fully saturated rings. The van der Waals surface area contributed by atoms with Gasteiger partial charge in [0.25, 0.3) is 0 Å². The van der Waals surface area contributed by atoms with Crippen LogP contribution in [0.25, 0.3) is 0 Å². The number of nitrogens with zero attached hydrogens (tertiary/aromatic N) is 1. The van der Waals surface area contributed by atoms with Gasteiger partial charge in [0.05, 0.1) is 6.61 Å². The van der Waals surface area contributed by atoms with Crippen molar-refractivity contribution in [1.29, 1.82) is 5.41 Å². The first-order valence-corrected chi connectivity index (χ1v) is 27.1. The molecule has 1 aliphatic rings. The molecule has 3 rings (SSSR count). The maximum atomic E-state index is 14.3. The maximum Gasteiger partial charge on any atom is 0.408 e. The number of ether oxygens (including phenoxy) is 3. The van der Waals surface area contributed by atoms with E-state index < -0.39 is 55.2 Å². The summed E-state index contributed by atoms with van der Waals surface area (Å²) in [5.41, 5.74) is 1.62. The number of hydrogen-bond donors (Lipinski definition) is 6. The molecule has 3 amide bonds. The lowest BCUT2D eigenvalue weighted by molar-refractivity contribution is -0.231. The lowest BCUT2D eigenvalue weighted by Gasteiger charge is -2.47. The summed E-state index contributed by atoms with van der Waals surface area (Å²) >= 11 is 0. The van der Waals surface area contributed by atoms with Crippen LogP contribution in [0.1, 0.15) is 205 Å². The minimum absolute atomic E-state index is 0.0190. The van der Waals surface area contributed by atoms with Crippen LogP contribution in [-0.2, 0) is 37.0 Å². The van der Waals surface area contributed by atoms with Gasteiger partial charge in [-0.2, -0.15) is 0 Å². The number of rotatable bonds is 39. The number of benzene rings is 2. The number of hydrogen-bond acceptors (Lipinski definition) is 10. The van der Waals surface area contributed by atoms with Crippen LogP contribution in [0.4, 0.5) is 4.79 Å². The fraction of sp³-hybridized carbons (Fsp3) is 0.714. The average molecular weight is 965 g/mol. The maximum absolute atomic E-state index is 14.3. The molecular formula is C56H92N4O9. The van der Waals surface area contributed by atoms with E-state index in [2.05, 4.69) is 24.5 Å². The van der Waals surface area contributed by atoms with E-state index in [1.165, 1.54) is 109 Å². The van der Waals surface area contributed by atoms with Crippen molar-refractivity contribution in [3.8, 4) is 0 Å². The second-order valence-corrected chi connectivity index (χ2v) is 19.2. The molecule has 1 saturated heterocycles. The fourth-order valence-corrected chi connectivity index (χ4v) is 9.01. The van der Waals surface area contributed by atoms with Gasteiger partial charge in [0.1, 0.15) is 43.6 Å². The Morgan fingerprint density at radius 2 is 1.07 bits per heavy atom. The molecule has 0 unspecified atom stereocenters. The van der Waals surface area contributed by atoms with Gasteiger partial charge in [-0.1, -0.05) is 222 Å². The molecule has 69 heavy (non-hydrogen) atoms. The largest absolute Gasteiger partial charge is 0.476 e. The number of aliphatic hydroxyl groups is 3. The van der Waals surface area contributed by atoms with Crippen LogP contribution in [0.2, 0.25) is 0 Å². The SMILES string of the molecule is CCCCCCCCCCCCCCCCCCN(C(=O)CCCCCCCCCCC)[C@@H]1O[C@H](CO)[C@@H](O)[C@H](O)[C@H]1NC(=O)[C@H](CCC(=N)OCc1ccccc1)NC(=O)OCc1ccccc1. The van der Waals surface area contributed by atoms with Gasteiger partial charge in [-0.25, -0.2) is 4.79 Å². The summed E-state index contributed by atoms with van der Waals surface area (Å²) in [6.45, 7) is 4.27. The Hall–Kier alpha value is -4.04. The van der Waals surface area contributed by atoms with E-state index in [4.69, 9.17) is 19.6 Å². The van der Waals surface area contributed by atoms with Gasteiger partial charge in [0.2, 0.25) is 11.8 Å². The number of alkyl carbamates (subject to hydrolysis) is 1. The molecule has 0 aliphatic carbocycles. The third-order valence-electron chi connectivity index (χ3n) is 13.3. The van der Waals surface area contributed by atoms with Gasteiger partial charge in [0, 0.05) is 19.4 Å². The van der Waals surface area contributed by atoms with Gasteiger partial charge in [-0.05, 0) is 30.4 Å². The first kappa shape index (κ1) is 59.3. The zero-order valence-electron chi connectivity index (χ0n) is 42.6. The summed E-state index contributed by atoms with van der Waals surface area (Å²) in [5.74, 6) is -1.02. The number of carbonyl (C=O) groups is 3. The van der Waals surface area contributed by atoms with Crippen molar-refractivity contribution in [2.24, 2.45) is 0 Å². The molecule has 0 bridgehead atoms. The molecular weight excluding hydrogens is 873 g/mol. The van der Waals surface area contributed by atoms with E-state index in [0.717, 1.165) is 49.7 Å². The third-order valence-corrected chi connectivity index (χ3v) is 13.3. The van der Waals surface area contributed by atoms with Crippen LogP contribution >= 0.6 is 0 Å². The van der Waals surface area contributed by atoms with E-state index in [0.29, 0.717) is 19.4 Å². The minimum atomic E-state index is -1.63. The topological polar surface area (TPSA) is 191 Å². The van der Waals surface area contributed by atoms with Crippen molar-refractivity contribution < 1.29 is 43.9 Å². The van der Waals surface area contributed by atoms with Crippen LogP contribution in [-0.4, -0.2) is 93.8 Å². The van der Waals surface area contributed by atoms with E-state index in [1.54, 1.807) is 17.0 Å². The summed E-state index contributed by atoms with van der Waals surface area (Å²) in [7, 11) is 0. The van der Waals surface area contributed by atoms with Crippen LogP contribution in [0.15, 0.2) is 60.7 Å². The molecule has 0 radical (unpaired) electrons. The monoisotopic (exact) mass is 965 g/mol. The Labute approximate surface area is 415 Å². The lowest BCUT2D eigenvalue weighted by atomic mass is 9.94. The van der Waals surface area contributed by atoms with Crippen LogP contribution < -0.4 is 10.6 Å². The number of carbonyl (C=O) groups excluding carboxylic acids is 3. The standard InChI is InChI=1S/C56H92N4O9/c1-3-5-7-9-11-13-14-15-16-17-18-19-21-23-25-33-41-60(50(62)38-32-24-22-20-12-10-8-6-4-2)55-51(53(64)52(63)48(42-61)69-55)59-54(65)47(58-56(66)68-44-46-36-30-27-31-37-46)39-40-49(57)67-43-45-34-28-26-29-35-45/h26-31,34-37,47-48,51-53,55,57,61,63-64H,3-25,32-33,38-44H2,1-2H3,(H,58,66)(H,59,65)/t47-,48+,51+,52+,53+,55+/m0/s1. The van der Waals surface area contributed by atoms with Gasteiger partial charge in [-0.3, -0.25) is 15.0 Å². The van der Waals surface area contributed by atoms with Crippen LogP contribution in [0, 0.1) is 5.41 Å². The Balaban J connectivity index is 1.69. The highest BCUT2D eigenvalue weighted by molar-refractivity contribution is 5.87. The van der Waals surface area contributed by atoms with Crippen molar-refractivity contribution in [3.05, 3.63) is 71.8 Å². The smallest absolute Gasteiger partial charge is 0.408 e. The first-order chi connectivity index (χ1) is 33.7. The highest BCUT2D eigenvalue weighted by atomic mass is 16.6. The average Bonchev–Trinajstić information content (AvgIpc) is 3.36. The Bertz CT molecular complexity index is 1640. The van der Waals surface area contributed by atoms with Gasteiger partial charge >= 0.3 is 6.09 Å². The molecule has 0 spiro atoms. The molecule has 390 valence electrons. The second kappa shape index (κ2) is 37.7. The zero-order chi connectivity index (χ0) is 49.7. The first-order valence-electron chi connectivity index (χ1n) is 27.1. The molecule has 2 aromatic carbocycles. The molecule has 0 aromatic heterocycles. The van der Waals surface area contributed by atoms with Crippen molar-refractivity contribution in [1.82, 2.24) is 15.5 Å². The van der Waals surface area contributed by atoms with Crippen molar-refractivity contribution >= 4 is 23.8 Å². The van der Waals surface area contributed by atoms with Gasteiger partial charge in [-0.15, -0.1) is 0 Å². The molecule has 13 nitrogen and oxygen atoms in total. The summed E-state index contributed by atoms with van der Waals surface area (Å²) in [5, 5.41) is 47.0. The van der Waals surface area contributed by atoms with Crippen molar-refractivity contribution in [2.45, 2.75) is 243 Å². The number of aliphatic hydroxyl groups excluding tert-OH is 3.